The molecule has 0 saturated carbocycles. The van der Waals surface area contributed by atoms with Crippen molar-refractivity contribution in [2.45, 2.75) is 162 Å². The van der Waals surface area contributed by atoms with Crippen molar-refractivity contribution in [2.24, 2.45) is 5.92 Å². The van der Waals surface area contributed by atoms with E-state index in [0.717, 1.165) is 30.4 Å². The number of hydrogen-bond donors (Lipinski definition) is 1. The van der Waals surface area contributed by atoms with Crippen molar-refractivity contribution in [1.29, 1.82) is 0 Å². The zero-order valence-corrected chi connectivity index (χ0v) is 35.5. The van der Waals surface area contributed by atoms with Crippen molar-refractivity contribution in [1.82, 2.24) is 0 Å². The molecule has 1 aliphatic heterocycles. The summed E-state index contributed by atoms with van der Waals surface area (Å²) in [5.41, 5.74) is 3.23. The van der Waals surface area contributed by atoms with Gasteiger partial charge in [-0.2, -0.15) is 0 Å². The molecule has 0 aromatic carbocycles. The Balaban J connectivity index is 3.51. The molecule has 0 aliphatic carbocycles. The van der Waals surface area contributed by atoms with Gasteiger partial charge in [-0.15, -0.1) is 0 Å². The molecule has 0 spiro atoms. The summed E-state index contributed by atoms with van der Waals surface area (Å²) < 4.78 is 24.9. The summed E-state index contributed by atoms with van der Waals surface area (Å²) in [6, 6.07) is 0. The molecule has 7 nitrogen and oxygen atoms in total. The smallest absolute Gasteiger partial charge is 0.330 e. The monoisotopic (exact) mass is 730 g/mol. The summed E-state index contributed by atoms with van der Waals surface area (Å²) in [6.07, 6.45) is 21.4. The molecule has 0 bridgehead atoms. The number of allylic oxidation sites excluding steroid dienone is 6. The van der Waals surface area contributed by atoms with E-state index in [4.69, 9.17) is 18.3 Å². The number of methoxy groups -OCH3 is 1. The highest BCUT2D eigenvalue weighted by atomic mass is 28.4. The summed E-state index contributed by atoms with van der Waals surface area (Å²) in [4.78, 5) is 24.5. The molecule has 1 aliphatic rings. The Bertz CT molecular complexity index is 1200. The maximum Gasteiger partial charge on any atom is 0.330 e. The van der Waals surface area contributed by atoms with Gasteiger partial charge < -0.3 is 23.4 Å². The first-order valence-corrected chi connectivity index (χ1v) is 24.2. The van der Waals surface area contributed by atoms with Crippen LogP contribution in [0.3, 0.4) is 0 Å². The van der Waals surface area contributed by atoms with Gasteiger partial charge in [0.05, 0.1) is 25.4 Å². The van der Waals surface area contributed by atoms with Gasteiger partial charge in [0.25, 0.3) is 0 Å². The molecule has 0 saturated heterocycles. The van der Waals surface area contributed by atoms with Crippen LogP contribution in [0.15, 0.2) is 71.9 Å². The topological polar surface area (TPSA) is 91.3 Å². The third-order valence-electron chi connectivity index (χ3n) is 9.29. The lowest BCUT2D eigenvalue weighted by atomic mass is 9.95. The van der Waals surface area contributed by atoms with Crippen LogP contribution in [0, 0.1) is 5.92 Å². The number of aliphatic hydroxyl groups is 1. The van der Waals surface area contributed by atoms with Crippen LogP contribution >= 0.6 is 0 Å². The number of carbonyl (C=O) groups is 2. The highest BCUT2D eigenvalue weighted by Gasteiger charge is 2.47. The van der Waals surface area contributed by atoms with Crippen molar-refractivity contribution < 1.29 is 33.0 Å². The second-order valence-corrected chi connectivity index (χ2v) is 25.6. The van der Waals surface area contributed by atoms with E-state index in [2.05, 4.69) is 92.4 Å². The minimum atomic E-state index is -2.26. The Morgan fingerprint density at radius 1 is 0.940 bits per heavy atom. The lowest BCUT2D eigenvalue weighted by Crippen LogP contribution is -2.53. The molecule has 0 aromatic rings. The van der Waals surface area contributed by atoms with Crippen LogP contribution in [0.25, 0.3) is 0 Å². The Morgan fingerprint density at radius 3 is 2.16 bits per heavy atom. The molecule has 284 valence electrons. The third kappa shape index (κ3) is 16.8. The lowest BCUT2D eigenvalue weighted by Gasteiger charge is -2.46. The van der Waals surface area contributed by atoms with Gasteiger partial charge in [-0.05, 0) is 82.2 Å². The van der Waals surface area contributed by atoms with Crippen LogP contribution in [0.1, 0.15) is 101 Å². The first-order valence-electron chi connectivity index (χ1n) is 18.7. The van der Waals surface area contributed by atoms with E-state index in [1.54, 1.807) is 6.08 Å². The molecular formula is C41H70O7Si2. The van der Waals surface area contributed by atoms with Gasteiger partial charge in [-0.3, -0.25) is 0 Å². The minimum Gasteiger partial charge on any atom is -0.466 e. The first kappa shape index (κ1) is 45.7. The number of esters is 2. The van der Waals surface area contributed by atoms with E-state index >= 15 is 0 Å². The number of ether oxygens (including phenoxy) is 2. The summed E-state index contributed by atoms with van der Waals surface area (Å²) in [7, 11) is -2.86. The number of carbonyl (C=O) groups excluding carboxylic acids is 2. The minimum absolute atomic E-state index is 0.101. The van der Waals surface area contributed by atoms with Crippen LogP contribution in [-0.2, 0) is 27.9 Å². The Labute approximate surface area is 307 Å². The molecule has 9 heteroatoms. The molecule has 5 atom stereocenters. The Kier molecular flexibility index (Phi) is 20.7. The second-order valence-electron chi connectivity index (χ2n) is 15.8. The van der Waals surface area contributed by atoms with Gasteiger partial charge in [0.15, 0.2) is 8.32 Å². The van der Waals surface area contributed by atoms with Crippen molar-refractivity contribution in [3.63, 3.8) is 0 Å². The molecule has 50 heavy (non-hydrogen) atoms. The quantitative estimate of drug-likeness (QED) is 0.0744. The third-order valence-corrected chi connectivity index (χ3v) is 16.4. The molecule has 1 N–H and O–H groups in total. The van der Waals surface area contributed by atoms with Gasteiger partial charge in [-0.25, -0.2) is 9.59 Å². The highest BCUT2D eigenvalue weighted by molar-refractivity contribution is 6.77. The summed E-state index contributed by atoms with van der Waals surface area (Å²) in [6.45, 7) is 26.5. The normalized spacial score (nSPS) is 26.7. The standard InChI is InChI=1S/C41H70O7Si2/c1-30(2)50(31(3)4,32(5)6)48-38-26-25-36(42)21-17-15-19-23-41(44)46-39(35(9)28-34(8)24-27-40(43)45-10)29-33(7)20-16-14-18-22-37(38)47-49(11,12)13/h14,16,19-20,23-28,30-32,35-39,42H,15,17-18,21-22,29H2,1-13H3/b16-14+,23-19+,26-25+,27-24+,33-20+,34-28+/t35-,36-,37-,38?,39-/m1/s1. The molecule has 0 aromatic heterocycles. The molecule has 0 fully saturated rings. The van der Waals surface area contributed by atoms with Crippen LogP contribution < -0.4 is 0 Å². The van der Waals surface area contributed by atoms with E-state index in [0.29, 0.717) is 35.9 Å². The van der Waals surface area contributed by atoms with Crippen LogP contribution in [0.5, 0.6) is 0 Å². The molecule has 1 unspecified atom stereocenters. The van der Waals surface area contributed by atoms with Gasteiger partial charge in [0.2, 0.25) is 8.32 Å². The van der Waals surface area contributed by atoms with Gasteiger partial charge in [0.1, 0.15) is 6.10 Å². The summed E-state index contributed by atoms with van der Waals surface area (Å²) in [5.74, 6) is -0.911. The molecule has 1 heterocycles. The van der Waals surface area contributed by atoms with Crippen LogP contribution in [0.2, 0.25) is 36.3 Å². The Hall–Kier alpha value is -2.31. The molecular weight excluding hydrogens is 661 g/mol. The fraction of sp³-hybridized carbons (Fsp3) is 0.659. The van der Waals surface area contributed by atoms with E-state index in [-0.39, 0.29) is 18.1 Å². The van der Waals surface area contributed by atoms with Gasteiger partial charge in [0, 0.05) is 24.5 Å². The zero-order valence-electron chi connectivity index (χ0n) is 33.5. The average Bonchev–Trinajstić information content (AvgIpc) is 3.00. The van der Waals surface area contributed by atoms with E-state index in [1.165, 1.54) is 19.3 Å². The fourth-order valence-electron chi connectivity index (χ4n) is 6.93. The predicted molar refractivity (Wildman–Crippen MR) is 213 cm³/mol. The SMILES string of the molecule is COC(=O)/C=C/C(C)=C/[C@@H](C)[C@H]1C/C(C)=C/C=C/CC[C@@H](O[Si](C)(C)C)C(O[Si](C(C)C)(C(C)C)C(C)C)/C=C/[C@H](O)CCC/C=C/C(=O)O1. The van der Waals surface area contributed by atoms with Gasteiger partial charge in [-0.1, -0.05) is 108 Å². The molecule has 0 radical (unpaired) electrons. The van der Waals surface area contributed by atoms with Crippen molar-refractivity contribution >= 4 is 28.6 Å². The largest absolute Gasteiger partial charge is 0.466 e. The van der Waals surface area contributed by atoms with Gasteiger partial charge >= 0.3 is 11.9 Å². The maximum atomic E-state index is 12.9. The van der Waals surface area contributed by atoms with Crippen LogP contribution in [-0.4, -0.2) is 65.2 Å². The van der Waals surface area contributed by atoms with E-state index in [1.807, 2.05) is 32.1 Å². The number of rotatable bonds is 11. The highest BCUT2D eigenvalue weighted by Crippen LogP contribution is 2.44. The summed E-state index contributed by atoms with van der Waals surface area (Å²) in [5, 5.41) is 11.0. The average molecular weight is 731 g/mol. The molecule has 0 amide bonds. The summed E-state index contributed by atoms with van der Waals surface area (Å²) >= 11 is 0. The number of cyclic esters (lactones) is 1. The maximum absolute atomic E-state index is 12.9. The first-order chi connectivity index (χ1) is 23.3. The van der Waals surface area contributed by atoms with Crippen molar-refractivity contribution in [3.05, 3.63) is 71.9 Å². The molecule has 1 rings (SSSR count). The lowest BCUT2D eigenvalue weighted by molar-refractivity contribution is -0.144. The van der Waals surface area contributed by atoms with Crippen molar-refractivity contribution in [2.75, 3.05) is 7.11 Å². The zero-order chi connectivity index (χ0) is 38.1. The number of hydrogen-bond acceptors (Lipinski definition) is 7. The second kappa shape index (κ2) is 22.6. The number of aliphatic hydroxyl groups excluding tert-OH is 1. The predicted octanol–water partition coefficient (Wildman–Crippen LogP) is 10.3. The van der Waals surface area contributed by atoms with E-state index < -0.39 is 40.8 Å². The fourth-order valence-corrected chi connectivity index (χ4v) is 13.6. The Morgan fingerprint density at radius 2 is 1.58 bits per heavy atom. The van der Waals surface area contributed by atoms with E-state index in [9.17, 15) is 14.7 Å². The van der Waals surface area contributed by atoms with Crippen LogP contribution in [0.4, 0.5) is 0 Å². The van der Waals surface area contributed by atoms with Crippen molar-refractivity contribution in [3.8, 4) is 0 Å².